The Morgan fingerprint density at radius 2 is 1.81 bits per heavy atom. The van der Waals surface area contributed by atoms with Crippen LogP contribution in [0.25, 0.3) is 0 Å². The maximum absolute atomic E-state index is 5.64. The maximum atomic E-state index is 5.64. The molecule has 0 aliphatic heterocycles. The first-order valence-corrected chi connectivity index (χ1v) is 7.06. The van der Waals surface area contributed by atoms with Gasteiger partial charge in [-0.3, -0.25) is 0 Å². The fourth-order valence-electron chi connectivity index (χ4n) is 1.09. The third kappa shape index (κ3) is 3.18. The highest BCUT2D eigenvalue weighted by Crippen LogP contribution is 2.29. The number of nitrogens with zero attached hydrogens (tertiary/aromatic N) is 1. The lowest BCUT2D eigenvalue weighted by Gasteiger charge is -2.06. The number of hydrogen-bond donors (Lipinski definition) is 0. The summed E-state index contributed by atoms with van der Waals surface area (Å²) in [6.07, 6.45) is 1.70. The molecule has 16 heavy (non-hydrogen) atoms. The van der Waals surface area contributed by atoms with Crippen molar-refractivity contribution in [2.45, 2.75) is 0 Å². The Bertz CT molecular complexity index is 502. The highest BCUT2D eigenvalue weighted by Gasteiger charge is 2.04. The Hall–Kier alpha value is -0.140. The van der Waals surface area contributed by atoms with Gasteiger partial charge in [-0.05, 0) is 84.8 Å². The lowest BCUT2D eigenvalue weighted by molar-refractivity contribution is 0.459. The van der Waals surface area contributed by atoms with Crippen LogP contribution >= 0.6 is 54.5 Å². The predicted octanol–water partition coefficient (Wildman–Crippen LogP) is 5.00. The van der Waals surface area contributed by atoms with Crippen LogP contribution in [0.15, 0.2) is 45.5 Å². The van der Waals surface area contributed by atoms with Crippen LogP contribution in [0, 0.1) is 3.57 Å². The molecular formula is C11H6Br2INO. The smallest absolute Gasteiger partial charge is 0.233 e. The van der Waals surface area contributed by atoms with Crippen molar-refractivity contribution in [1.82, 2.24) is 4.98 Å². The Kier molecular flexibility index (Phi) is 4.21. The zero-order chi connectivity index (χ0) is 11.5. The van der Waals surface area contributed by atoms with Crippen molar-refractivity contribution in [1.29, 1.82) is 0 Å². The van der Waals surface area contributed by atoms with Gasteiger partial charge < -0.3 is 4.74 Å². The summed E-state index contributed by atoms with van der Waals surface area (Å²) in [4.78, 5) is 4.18. The summed E-state index contributed by atoms with van der Waals surface area (Å²) in [5, 5.41) is 0. The third-order valence-electron chi connectivity index (χ3n) is 1.80. The van der Waals surface area contributed by atoms with Gasteiger partial charge in [0.15, 0.2) is 0 Å². The number of ether oxygens (including phenoxy) is 1. The number of rotatable bonds is 2. The summed E-state index contributed by atoms with van der Waals surface area (Å²) in [6.45, 7) is 0. The lowest BCUT2D eigenvalue weighted by atomic mass is 10.3. The van der Waals surface area contributed by atoms with E-state index in [1.165, 1.54) is 3.57 Å². The molecule has 0 saturated carbocycles. The van der Waals surface area contributed by atoms with E-state index in [9.17, 15) is 0 Å². The summed E-state index contributed by atoms with van der Waals surface area (Å²) in [7, 11) is 0. The molecule has 0 radical (unpaired) electrons. The molecule has 0 aliphatic rings. The first-order valence-electron chi connectivity index (χ1n) is 4.39. The van der Waals surface area contributed by atoms with Gasteiger partial charge in [-0.15, -0.1) is 0 Å². The molecule has 0 unspecified atom stereocenters. The molecule has 0 N–H and O–H groups in total. The minimum Gasteiger partial charge on any atom is -0.438 e. The second kappa shape index (κ2) is 5.46. The Labute approximate surface area is 124 Å². The molecule has 1 aromatic carbocycles. The summed E-state index contributed by atoms with van der Waals surface area (Å²) in [5.41, 5.74) is 0. The SMILES string of the molecule is Brc1cnc(Oc2ccc(I)cc2)c(Br)c1. The number of benzene rings is 1. The second-order valence-corrected chi connectivity index (χ2v) is 6.01. The summed E-state index contributed by atoms with van der Waals surface area (Å²) in [5.74, 6) is 1.33. The van der Waals surface area contributed by atoms with Crippen LogP contribution in [0.1, 0.15) is 0 Å². The van der Waals surface area contributed by atoms with Gasteiger partial charge in [0.05, 0.1) is 4.47 Å². The van der Waals surface area contributed by atoms with Gasteiger partial charge in [0.2, 0.25) is 5.88 Å². The first-order chi connectivity index (χ1) is 7.65. The van der Waals surface area contributed by atoms with Gasteiger partial charge in [0.1, 0.15) is 5.75 Å². The van der Waals surface area contributed by atoms with Crippen molar-refractivity contribution < 1.29 is 4.74 Å². The van der Waals surface area contributed by atoms with Crippen LogP contribution in [0.4, 0.5) is 0 Å². The molecule has 1 heterocycles. The molecule has 0 bridgehead atoms. The Morgan fingerprint density at radius 3 is 2.44 bits per heavy atom. The van der Waals surface area contributed by atoms with Gasteiger partial charge in [-0.25, -0.2) is 4.98 Å². The lowest BCUT2D eigenvalue weighted by Crippen LogP contribution is -1.89. The minimum atomic E-state index is 0.560. The molecule has 2 rings (SSSR count). The predicted molar refractivity (Wildman–Crippen MR) is 78.9 cm³/mol. The highest BCUT2D eigenvalue weighted by molar-refractivity contribution is 14.1. The van der Waals surface area contributed by atoms with Gasteiger partial charge >= 0.3 is 0 Å². The van der Waals surface area contributed by atoms with E-state index < -0.39 is 0 Å². The molecule has 0 spiro atoms. The summed E-state index contributed by atoms with van der Waals surface area (Å²) >= 11 is 8.99. The molecule has 1 aromatic heterocycles. The molecule has 2 aromatic rings. The normalized spacial score (nSPS) is 10.2. The number of hydrogen-bond acceptors (Lipinski definition) is 2. The number of pyridine rings is 1. The van der Waals surface area contributed by atoms with Gasteiger partial charge in [-0.1, -0.05) is 0 Å². The Morgan fingerprint density at radius 1 is 1.12 bits per heavy atom. The van der Waals surface area contributed by atoms with Crippen molar-refractivity contribution >= 4 is 54.5 Å². The zero-order valence-electron chi connectivity index (χ0n) is 7.95. The van der Waals surface area contributed by atoms with Crippen molar-refractivity contribution in [3.63, 3.8) is 0 Å². The number of aromatic nitrogens is 1. The van der Waals surface area contributed by atoms with E-state index in [0.717, 1.165) is 14.7 Å². The van der Waals surface area contributed by atoms with E-state index in [2.05, 4.69) is 59.4 Å². The maximum Gasteiger partial charge on any atom is 0.233 e. The van der Waals surface area contributed by atoms with Crippen LogP contribution in [0.5, 0.6) is 11.6 Å². The first kappa shape index (κ1) is 12.3. The van der Waals surface area contributed by atoms with Crippen molar-refractivity contribution in [3.8, 4) is 11.6 Å². The molecule has 82 valence electrons. The van der Waals surface area contributed by atoms with Crippen LogP contribution in [-0.2, 0) is 0 Å². The topological polar surface area (TPSA) is 22.1 Å². The quantitative estimate of drug-likeness (QED) is 0.595. The van der Waals surface area contributed by atoms with Crippen molar-refractivity contribution in [2.24, 2.45) is 0 Å². The number of halogens is 3. The molecule has 0 fully saturated rings. The van der Waals surface area contributed by atoms with Crippen LogP contribution < -0.4 is 4.74 Å². The monoisotopic (exact) mass is 453 g/mol. The molecule has 0 atom stereocenters. The fourth-order valence-corrected chi connectivity index (χ4v) is 2.52. The summed E-state index contributed by atoms with van der Waals surface area (Å²) in [6, 6.07) is 9.70. The van der Waals surface area contributed by atoms with Gasteiger partial charge in [-0.2, -0.15) is 0 Å². The summed E-state index contributed by atoms with van der Waals surface area (Å²) < 4.78 is 8.54. The molecule has 0 aliphatic carbocycles. The van der Waals surface area contributed by atoms with E-state index >= 15 is 0 Å². The van der Waals surface area contributed by atoms with Crippen LogP contribution in [-0.4, -0.2) is 4.98 Å². The zero-order valence-corrected chi connectivity index (χ0v) is 13.3. The van der Waals surface area contributed by atoms with Crippen molar-refractivity contribution in [3.05, 3.63) is 49.0 Å². The average molecular weight is 455 g/mol. The third-order valence-corrected chi connectivity index (χ3v) is 3.52. The molecular weight excluding hydrogens is 449 g/mol. The van der Waals surface area contributed by atoms with E-state index in [-0.39, 0.29) is 0 Å². The Balaban J connectivity index is 2.23. The fraction of sp³-hybridized carbons (Fsp3) is 0. The molecule has 5 heteroatoms. The van der Waals surface area contributed by atoms with Gasteiger partial charge in [0, 0.05) is 14.2 Å². The van der Waals surface area contributed by atoms with E-state index in [1.807, 2.05) is 30.3 Å². The van der Waals surface area contributed by atoms with E-state index in [0.29, 0.717) is 5.88 Å². The molecule has 2 nitrogen and oxygen atoms in total. The molecule has 0 amide bonds. The van der Waals surface area contributed by atoms with Gasteiger partial charge in [0.25, 0.3) is 0 Å². The molecule has 0 saturated heterocycles. The standard InChI is InChI=1S/C11H6Br2INO/c12-7-5-10(13)11(15-6-7)16-9-3-1-8(14)2-4-9/h1-6H. The van der Waals surface area contributed by atoms with Crippen LogP contribution in [0.2, 0.25) is 0 Å². The van der Waals surface area contributed by atoms with Crippen LogP contribution in [0.3, 0.4) is 0 Å². The van der Waals surface area contributed by atoms with Crippen molar-refractivity contribution in [2.75, 3.05) is 0 Å². The highest BCUT2D eigenvalue weighted by atomic mass is 127. The minimum absolute atomic E-state index is 0.560. The van der Waals surface area contributed by atoms with E-state index in [1.54, 1.807) is 6.20 Å². The van der Waals surface area contributed by atoms with E-state index in [4.69, 9.17) is 4.74 Å². The average Bonchev–Trinajstić information content (AvgIpc) is 2.25. The largest absolute Gasteiger partial charge is 0.438 e. The second-order valence-electron chi connectivity index (χ2n) is 3.00.